The molecule has 0 fully saturated rings. The highest BCUT2D eigenvalue weighted by Crippen LogP contribution is 2.16. The van der Waals surface area contributed by atoms with Crippen molar-refractivity contribution in [3.05, 3.63) is 38.9 Å². The number of benzene rings is 1. The second kappa shape index (κ2) is 3.77. The molecule has 0 spiro atoms. The zero-order valence-corrected chi connectivity index (χ0v) is 9.16. The fourth-order valence-electron chi connectivity index (χ4n) is 1.30. The van der Waals surface area contributed by atoms with Gasteiger partial charge in [-0.3, -0.25) is 4.79 Å². The number of rotatable bonds is 0. The van der Waals surface area contributed by atoms with E-state index in [0.717, 1.165) is 0 Å². The summed E-state index contributed by atoms with van der Waals surface area (Å²) in [5.41, 5.74) is -0.473. The summed E-state index contributed by atoms with van der Waals surface area (Å²) in [5.74, 6) is 0. The van der Waals surface area contributed by atoms with Gasteiger partial charge in [-0.15, -0.1) is 0 Å². The number of fused-ring (bicyclic) bond motifs is 1. The Balaban J connectivity index is 2.95. The van der Waals surface area contributed by atoms with E-state index in [2.05, 4.69) is 4.98 Å². The molecular formula is C9H4Cl2N2O3. The lowest BCUT2D eigenvalue weighted by Crippen LogP contribution is -2.27. The van der Waals surface area contributed by atoms with Crippen molar-refractivity contribution in [1.29, 1.82) is 0 Å². The Morgan fingerprint density at radius 1 is 1.38 bits per heavy atom. The summed E-state index contributed by atoms with van der Waals surface area (Å²) >= 11 is 11.3. The van der Waals surface area contributed by atoms with Crippen molar-refractivity contribution in [1.82, 2.24) is 9.55 Å². The summed E-state index contributed by atoms with van der Waals surface area (Å²) in [7, 11) is 0. The summed E-state index contributed by atoms with van der Waals surface area (Å²) in [6, 6.07) is 4.33. The maximum Gasteiger partial charge on any atom is 0.421 e. The van der Waals surface area contributed by atoms with E-state index in [1.54, 1.807) is 0 Å². The Morgan fingerprint density at radius 3 is 2.69 bits per heavy atom. The molecule has 82 valence electrons. The van der Waals surface area contributed by atoms with Crippen molar-refractivity contribution in [2.75, 3.05) is 0 Å². The summed E-state index contributed by atoms with van der Waals surface area (Å²) in [4.78, 5) is 26.3. The molecule has 16 heavy (non-hydrogen) atoms. The van der Waals surface area contributed by atoms with E-state index < -0.39 is 16.9 Å². The van der Waals surface area contributed by atoms with Crippen LogP contribution >= 0.6 is 23.2 Å². The minimum absolute atomic E-state index is 0.149. The van der Waals surface area contributed by atoms with Gasteiger partial charge in [-0.1, -0.05) is 11.6 Å². The number of hydrogen-bond donors (Lipinski definition) is 1. The predicted molar refractivity (Wildman–Crippen MR) is 59.4 cm³/mol. The zero-order chi connectivity index (χ0) is 11.9. The Morgan fingerprint density at radius 2 is 2.06 bits per heavy atom. The Labute approximate surface area is 98.9 Å². The van der Waals surface area contributed by atoms with Gasteiger partial charge in [-0.2, -0.15) is 4.57 Å². The molecule has 0 amide bonds. The Hall–Kier alpha value is -1.59. The molecule has 0 bridgehead atoms. The average molecular weight is 259 g/mol. The topological polar surface area (TPSA) is 72.2 Å². The van der Waals surface area contributed by atoms with Crippen molar-refractivity contribution in [2.24, 2.45) is 0 Å². The number of carboxylic acid groups (broad SMARTS) is 1. The smallest absolute Gasteiger partial charge is 0.421 e. The first-order chi connectivity index (χ1) is 7.50. The SMILES string of the molecule is O=C(O)n1c(Cl)nc2cc(Cl)ccc2c1=O. The molecule has 2 aromatic rings. The van der Waals surface area contributed by atoms with Crippen LogP contribution in [0.1, 0.15) is 0 Å². The third-order valence-electron chi connectivity index (χ3n) is 1.98. The molecule has 5 nitrogen and oxygen atoms in total. The minimum atomic E-state index is -1.47. The molecule has 1 N–H and O–H groups in total. The van der Waals surface area contributed by atoms with Crippen LogP contribution < -0.4 is 5.56 Å². The quantitative estimate of drug-likeness (QED) is 0.736. The molecular weight excluding hydrogens is 255 g/mol. The Kier molecular flexibility index (Phi) is 2.57. The second-order valence-corrected chi connectivity index (χ2v) is 3.74. The first kappa shape index (κ1) is 10.9. The van der Waals surface area contributed by atoms with Gasteiger partial charge in [0.15, 0.2) is 0 Å². The van der Waals surface area contributed by atoms with E-state index in [4.69, 9.17) is 28.3 Å². The highest BCUT2D eigenvalue weighted by molar-refractivity contribution is 6.31. The lowest BCUT2D eigenvalue weighted by atomic mass is 10.2. The molecule has 0 unspecified atom stereocenters. The number of hydrogen-bond acceptors (Lipinski definition) is 3. The molecule has 0 saturated carbocycles. The van der Waals surface area contributed by atoms with Crippen LogP contribution in [0.15, 0.2) is 23.0 Å². The summed E-state index contributed by atoms with van der Waals surface area (Å²) in [6.07, 6.45) is -1.47. The molecule has 7 heteroatoms. The van der Waals surface area contributed by atoms with Crippen molar-refractivity contribution < 1.29 is 9.90 Å². The maximum absolute atomic E-state index is 11.7. The third-order valence-corrected chi connectivity index (χ3v) is 2.47. The molecule has 0 aliphatic rings. The largest absolute Gasteiger partial charge is 0.464 e. The fourth-order valence-corrected chi connectivity index (χ4v) is 1.70. The summed E-state index contributed by atoms with van der Waals surface area (Å²) in [6.45, 7) is 0. The van der Waals surface area contributed by atoms with Crippen LogP contribution in [-0.2, 0) is 0 Å². The van der Waals surface area contributed by atoms with Gasteiger partial charge < -0.3 is 5.11 Å². The average Bonchev–Trinajstić information content (AvgIpc) is 2.15. The summed E-state index contributed by atoms with van der Waals surface area (Å²) < 4.78 is 0.373. The molecule has 0 saturated heterocycles. The fraction of sp³-hybridized carbons (Fsp3) is 0. The molecule has 0 aliphatic heterocycles. The van der Waals surface area contributed by atoms with E-state index in [-0.39, 0.29) is 10.9 Å². The molecule has 0 radical (unpaired) electrons. The van der Waals surface area contributed by atoms with E-state index in [9.17, 15) is 9.59 Å². The van der Waals surface area contributed by atoms with E-state index in [0.29, 0.717) is 9.59 Å². The van der Waals surface area contributed by atoms with Crippen LogP contribution in [0.4, 0.5) is 4.79 Å². The first-order valence-corrected chi connectivity index (χ1v) is 4.87. The number of carbonyl (C=O) groups is 1. The highest BCUT2D eigenvalue weighted by Gasteiger charge is 2.14. The molecule has 0 aliphatic carbocycles. The van der Waals surface area contributed by atoms with Crippen LogP contribution in [0.2, 0.25) is 10.3 Å². The van der Waals surface area contributed by atoms with Gasteiger partial charge in [0.1, 0.15) is 0 Å². The molecule has 1 aromatic heterocycles. The van der Waals surface area contributed by atoms with Crippen LogP contribution in [0.5, 0.6) is 0 Å². The van der Waals surface area contributed by atoms with Crippen molar-refractivity contribution in [2.45, 2.75) is 0 Å². The van der Waals surface area contributed by atoms with E-state index in [1.165, 1.54) is 18.2 Å². The van der Waals surface area contributed by atoms with Crippen molar-refractivity contribution in [3.63, 3.8) is 0 Å². The predicted octanol–water partition coefficient (Wildman–Crippen LogP) is 2.23. The van der Waals surface area contributed by atoms with Gasteiger partial charge in [0.25, 0.3) is 5.56 Å². The van der Waals surface area contributed by atoms with Gasteiger partial charge >= 0.3 is 6.09 Å². The van der Waals surface area contributed by atoms with Crippen LogP contribution in [0.25, 0.3) is 10.9 Å². The molecule has 1 aromatic carbocycles. The lowest BCUT2D eigenvalue weighted by molar-refractivity contribution is 0.195. The normalized spacial score (nSPS) is 10.6. The summed E-state index contributed by atoms with van der Waals surface area (Å²) in [5, 5.41) is 8.90. The van der Waals surface area contributed by atoms with Crippen LogP contribution in [0, 0.1) is 0 Å². The van der Waals surface area contributed by atoms with Gasteiger partial charge in [0.05, 0.1) is 10.9 Å². The zero-order valence-electron chi connectivity index (χ0n) is 7.65. The monoisotopic (exact) mass is 258 g/mol. The highest BCUT2D eigenvalue weighted by atomic mass is 35.5. The van der Waals surface area contributed by atoms with Gasteiger partial charge in [-0.25, -0.2) is 9.78 Å². The Bertz CT molecular complexity index is 651. The van der Waals surface area contributed by atoms with Crippen molar-refractivity contribution >= 4 is 40.2 Å². The van der Waals surface area contributed by atoms with Gasteiger partial charge in [0, 0.05) is 5.02 Å². The molecule has 1 heterocycles. The third kappa shape index (κ3) is 1.64. The number of halogens is 2. The van der Waals surface area contributed by atoms with Gasteiger partial charge in [0.2, 0.25) is 5.28 Å². The van der Waals surface area contributed by atoms with Gasteiger partial charge in [-0.05, 0) is 29.8 Å². The van der Waals surface area contributed by atoms with Crippen LogP contribution in [-0.4, -0.2) is 20.8 Å². The van der Waals surface area contributed by atoms with Crippen molar-refractivity contribution in [3.8, 4) is 0 Å². The minimum Gasteiger partial charge on any atom is -0.464 e. The second-order valence-electron chi connectivity index (χ2n) is 2.97. The van der Waals surface area contributed by atoms with E-state index in [1.807, 2.05) is 0 Å². The van der Waals surface area contributed by atoms with Crippen LogP contribution in [0.3, 0.4) is 0 Å². The van der Waals surface area contributed by atoms with E-state index >= 15 is 0 Å². The number of aromatic nitrogens is 2. The number of nitrogens with zero attached hydrogens (tertiary/aromatic N) is 2. The first-order valence-electron chi connectivity index (χ1n) is 4.12. The lowest BCUT2D eigenvalue weighted by Gasteiger charge is -2.03. The molecule has 0 atom stereocenters. The standard InChI is InChI=1S/C9H4Cl2N2O3/c10-4-1-2-5-6(3-4)12-8(11)13(7(5)14)9(15)16/h1-3H,(H,15,16). The molecule has 2 rings (SSSR count). The maximum atomic E-state index is 11.7.